The maximum atomic E-state index is 12.1. The monoisotopic (exact) mass is 362 g/mol. The van der Waals surface area contributed by atoms with E-state index in [1.54, 1.807) is 16.2 Å². The lowest BCUT2D eigenvalue weighted by molar-refractivity contribution is -0.0327. The third kappa shape index (κ3) is 4.71. The molecular weight excluding hydrogens is 336 g/mol. The number of carbonyl (C=O) groups excluding carboxylic acids is 1. The van der Waals surface area contributed by atoms with E-state index in [0.717, 1.165) is 0 Å². The number of piperazine rings is 1. The summed E-state index contributed by atoms with van der Waals surface area (Å²) in [5, 5.41) is 11.8. The Labute approximate surface area is 152 Å². The lowest BCUT2D eigenvalue weighted by atomic mass is 10.2. The van der Waals surface area contributed by atoms with Crippen molar-refractivity contribution < 1.29 is 14.6 Å². The summed E-state index contributed by atoms with van der Waals surface area (Å²) in [5.41, 5.74) is -0.477. The Balaban J connectivity index is 1.53. The van der Waals surface area contributed by atoms with Gasteiger partial charge in [-0.15, -0.1) is 11.3 Å². The standard InChI is InChI=1S/C19H26N2O3S/c1-19(2,3)24-18(23)21-10-8-20(9-11-21)17(22)13-15-12-14-6-4-5-7-16(14)25-15/h4-7,12,17,22H,8-11,13H2,1-3H3. The maximum absolute atomic E-state index is 12.1. The van der Waals surface area contributed by atoms with Gasteiger partial charge in [0, 0.05) is 42.2 Å². The number of thiophene rings is 1. The summed E-state index contributed by atoms with van der Waals surface area (Å²) in [4.78, 5) is 17.0. The summed E-state index contributed by atoms with van der Waals surface area (Å²) in [6.07, 6.45) is -0.175. The predicted octanol–water partition coefficient (Wildman–Crippen LogP) is 3.31. The van der Waals surface area contributed by atoms with E-state index in [4.69, 9.17) is 4.74 Å². The fourth-order valence-electron chi connectivity index (χ4n) is 2.98. The van der Waals surface area contributed by atoms with Gasteiger partial charge in [-0.3, -0.25) is 4.90 Å². The summed E-state index contributed by atoms with van der Waals surface area (Å²) < 4.78 is 6.66. The zero-order valence-corrected chi connectivity index (χ0v) is 15.9. The second-order valence-corrected chi connectivity index (χ2v) is 8.61. The lowest BCUT2D eigenvalue weighted by Gasteiger charge is -2.37. The molecule has 1 amide bonds. The summed E-state index contributed by atoms with van der Waals surface area (Å²) >= 11 is 1.73. The van der Waals surface area contributed by atoms with E-state index in [1.807, 2.05) is 37.8 Å². The minimum atomic E-state index is -0.520. The Kier molecular flexibility index (Phi) is 5.32. The fraction of sp³-hybridized carbons (Fsp3) is 0.526. The van der Waals surface area contributed by atoms with Crippen LogP contribution < -0.4 is 0 Å². The molecule has 5 nitrogen and oxygen atoms in total. The van der Waals surface area contributed by atoms with Crippen LogP contribution in [0.5, 0.6) is 0 Å². The molecule has 25 heavy (non-hydrogen) atoms. The smallest absolute Gasteiger partial charge is 0.410 e. The molecule has 1 aliphatic heterocycles. The van der Waals surface area contributed by atoms with Gasteiger partial charge in [-0.1, -0.05) is 18.2 Å². The highest BCUT2D eigenvalue weighted by Gasteiger charge is 2.28. The van der Waals surface area contributed by atoms with Gasteiger partial charge in [-0.2, -0.15) is 0 Å². The van der Waals surface area contributed by atoms with Crippen molar-refractivity contribution in [3.05, 3.63) is 35.2 Å². The van der Waals surface area contributed by atoms with Crippen LogP contribution in [0.3, 0.4) is 0 Å². The molecule has 2 aromatic rings. The summed E-state index contributed by atoms with van der Waals surface area (Å²) in [5.74, 6) is 0. The number of aliphatic hydroxyl groups is 1. The normalized spacial score (nSPS) is 17.7. The van der Waals surface area contributed by atoms with E-state index in [1.165, 1.54) is 15.0 Å². The van der Waals surface area contributed by atoms with Crippen LogP contribution >= 0.6 is 11.3 Å². The zero-order valence-electron chi connectivity index (χ0n) is 15.1. The van der Waals surface area contributed by atoms with E-state index >= 15 is 0 Å². The van der Waals surface area contributed by atoms with Gasteiger partial charge in [-0.25, -0.2) is 4.79 Å². The van der Waals surface area contributed by atoms with Crippen LogP contribution in [0.25, 0.3) is 10.1 Å². The number of ether oxygens (including phenoxy) is 1. The zero-order chi connectivity index (χ0) is 18.0. The molecule has 3 rings (SSSR count). The number of carbonyl (C=O) groups is 1. The average molecular weight is 362 g/mol. The first-order chi connectivity index (χ1) is 11.8. The van der Waals surface area contributed by atoms with Crippen molar-refractivity contribution in [2.24, 2.45) is 0 Å². The molecule has 0 radical (unpaired) electrons. The third-order valence-electron chi connectivity index (χ3n) is 4.25. The summed E-state index contributed by atoms with van der Waals surface area (Å²) in [6.45, 7) is 8.09. The van der Waals surface area contributed by atoms with E-state index in [2.05, 4.69) is 18.2 Å². The molecule has 1 fully saturated rings. The van der Waals surface area contributed by atoms with Crippen LogP contribution in [-0.2, 0) is 11.2 Å². The number of hydrogen-bond acceptors (Lipinski definition) is 5. The van der Waals surface area contributed by atoms with Crippen LogP contribution in [-0.4, -0.2) is 59.0 Å². The second-order valence-electron chi connectivity index (χ2n) is 7.44. The highest BCUT2D eigenvalue weighted by atomic mass is 32.1. The van der Waals surface area contributed by atoms with Crippen LogP contribution in [0.4, 0.5) is 4.79 Å². The maximum Gasteiger partial charge on any atom is 0.410 e. The van der Waals surface area contributed by atoms with Crippen molar-refractivity contribution in [2.45, 2.75) is 39.0 Å². The molecule has 1 N–H and O–H groups in total. The van der Waals surface area contributed by atoms with Gasteiger partial charge in [0.2, 0.25) is 0 Å². The number of benzene rings is 1. The Morgan fingerprint density at radius 3 is 2.56 bits per heavy atom. The largest absolute Gasteiger partial charge is 0.444 e. The van der Waals surface area contributed by atoms with Crippen LogP contribution in [0.2, 0.25) is 0 Å². The van der Waals surface area contributed by atoms with Crippen LogP contribution in [0.15, 0.2) is 30.3 Å². The quantitative estimate of drug-likeness (QED) is 0.910. The van der Waals surface area contributed by atoms with Gasteiger partial charge in [0.25, 0.3) is 0 Å². The first kappa shape index (κ1) is 18.2. The molecule has 1 aromatic heterocycles. The van der Waals surface area contributed by atoms with Gasteiger partial charge < -0.3 is 14.7 Å². The Hall–Kier alpha value is -1.63. The molecule has 0 saturated carbocycles. The Bertz CT molecular complexity index is 697. The second kappa shape index (κ2) is 7.32. The van der Waals surface area contributed by atoms with Gasteiger partial charge >= 0.3 is 6.09 Å². The Morgan fingerprint density at radius 1 is 1.24 bits per heavy atom. The van der Waals surface area contributed by atoms with Crippen molar-refractivity contribution in [3.63, 3.8) is 0 Å². The minimum Gasteiger partial charge on any atom is -0.444 e. The number of rotatable bonds is 3. The van der Waals surface area contributed by atoms with Gasteiger partial charge in [0.15, 0.2) is 0 Å². The first-order valence-electron chi connectivity index (χ1n) is 8.69. The summed E-state index contributed by atoms with van der Waals surface area (Å²) in [6, 6.07) is 10.4. The van der Waals surface area contributed by atoms with Crippen molar-refractivity contribution in [2.75, 3.05) is 26.2 Å². The predicted molar refractivity (Wildman–Crippen MR) is 101 cm³/mol. The molecule has 1 unspecified atom stereocenters. The molecule has 0 bridgehead atoms. The first-order valence-corrected chi connectivity index (χ1v) is 9.51. The van der Waals surface area contributed by atoms with Crippen molar-refractivity contribution in [1.82, 2.24) is 9.80 Å². The molecule has 1 aliphatic rings. The topological polar surface area (TPSA) is 53.0 Å². The van der Waals surface area contributed by atoms with E-state index in [-0.39, 0.29) is 6.09 Å². The lowest BCUT2D eigenvalue weighted by Crippen LogP contribution is -2.53. The van der Waals surface area contributed by atoms with Gasteiger partial charge in [0.05, 0.1) is 0 Å². The van der Waals surface area contributed by atoms with Crippen molar-refractivity contribution in [1.29, 1.82) is 0 Å². The number of hydrogen-bond donors (Lipinski definition) is 1. The molecule has 136 valence electrons. The average Bonchev–Trinajstić information content (AvgIpc) is 2.95. The molecular formula is C19H26N2O3S. The molecule has 0 spiro atoms. The molecule has 1 aromatic carbocycles. The minimum absolute atomic E-state index is 0.272. The van der Waals surface area contributed by atoms with Crippen LogP contribution in [0.1, 0.15) is 25.6 Å². The van der Waals surface area contributed by atoms with Crippen molar-refractivity contribution in [3.8, 4) is 0 Å². The van der Waals surface area contributed by atoms with E-state index < -0.39 is 11.8 Å². The SMILES string of the molecule is CC(C)(C)OC(=O)N1CCN(C(O)Cc2cc3ccccc3s2)CC1. The number of fused-ring (bicyclic) bond motifs is 1. The van der Waals surface area contributed by atoms with Gasteiger partial charge in [-0.05, 0) is 38.3 Å². The third-order valence-corrected chi connectivity index (χ3v) is 5.39. The summed E-state index contributed by atoms with van der Waals surface area (Å²) in [7, 11) is 0. The molecule has 0 aliphatic carbocycles. The van der Waals surface area contributed by atoms with Crippen molar-refractivity contribution >= 4 is 27.5 Å². The Morgan fingerprint density at radius 2 is 1.92 bits per heavy atom. The van der Waals surface area contributed by atoms with Gasteiger partial charge in [0.1, 0.15) is 11.8 Å². The highest BCUT2D eigenvalue weighted by molar-refractivity contribution is 7.19. The molecule has 1 saturated heterocycles. The molecule has 6 heteroatoms. The van der Waals surface area contributed by atoms with Crippen LogP contribution in [0, 0.1) is 0 Å². The molecule has 1 atom stereocenters. The highest BCUT2D eigenvalue weighted by Crippen LogP contribution is 2.26. The number of nitrogens with zero attached hydrogens (tertiary/aromatic N) is 2. The number of aliphatic hydroxyl groups excluding tert-OH is 1. The van der Waals surface area contributed by atoms with E-state index in [0.29, 0.717) is 32.6 Å². The molecule has 2 heterocycles. The number of amides is 1. The van der Waals surface area contributed by atoms with E-state index in [9.17, 15) is 9.90 Å². The fourth-order valence-corrected chi connectivity index (χ4v) is 4.07.